The van der Waals surface area contributed by atoms with Gasteiger partial charge in [-0.3, -0.25) is 9.98 Å². The van der Waals surface area contributed by atoms with Crippen LogP contribution in [0.5, 0.6) is 0 Å². The number of aryl methyl sites for hydroxylation is 1. The van der Waals surface area contributed by atoms with E-state index in [4.69, 9.17) is 0 Å². The number of pyridine rings is 1. The monoisotopic (exact) mass is 552 g/mol. The molecule has 2 nitrogen and oxygen atoms in total. The summed E-state index contributed by atoms with van der Waals surface area (Å²) in [7, 11) is 0. The Hall–Kier alpha value is -5.08. The summed E-state index contributed by atoms with van der Waals surface area (Å²) in [4.78, 5) is 9.04. The Labute approximate surface area is 252 Å². The molecule has 0 saturated heterocycles. The lowest BCUT2D eigenvalue weighted by Crippen LogP contribution is -2.05. The first-order valence-corrected chi connectivity index (χ1v) is 15.2. The summed E-state index contributed by atoms with van der Waals surface area (Å²) in [5.41, 5.74) is 12.7. The Bertz CT molecular complexity index is 2050. The molecule has 8 rings (SSSR count). The number of benzene rings is 5. The number of aromatic nitrogens is 1. The Morgan fingerprint density at radius 3 is 2.00 bits per heavy atom. The highest BCUT2D eigenvalue weighted by Crippen LogP contribution is 2.44. The van der Waals surface area contributed by atoms with Crippen molar-refractivity contribution in [3.63, 3.8) is 0 Å². The second kappa shape index (κ2) is 10.6. The summed E-state index contributed by atoms with van der Waals surface area (Å²) in [6.07, 6.45) is 15.7. The average Bonchev–Trinajstić information content (AvgIpc) is 3.07. The predicted molar refractivity (Wildman–Crippen MR) is 183 cm³/mol. The maximum absolute atomic E-state index is 4.60. The first-order valence-electron chi connectivity index (χ1n) is 15.2. The molecule has 0 spiro atoms. The number of hydrogen-bond acceptors (Lipinski definition) is 2. The van der Waals surface area contributed by atoms with E-state index in [1.807, 2.05) is 24.8 Å². The fourth-order valence-electron chi connectivity index (χ4n) is 6.92. The van der Waals surface area contributed by atoms with Crippen LogP contribution in [0.2, 0.25) is 0 Å². The predicted octanol–water partition coefficient (Wildman–Crippen LogP) is 10.8. The van der Waals surface area contributed by atoms with Crippen molar-refractivity contribution < 1.29 is 0 Å². The van der Waals surface area contributed by atoms with Crippen LogP contribution in [0.3, 0.4) is 0 Å². The molecular weight excluding hydrogens is 520 g/mol. The van der Waals surface area contributed by atoms with E-state index in [0.717, 1.165) is 24.8 Å². The lowest BCUT2D eigenvalue weighted by molar-refractivity contribution is 0.853. The minimum atomic E-state index is 0.277. The Morgan fingerprint density at radius 1 is 0.651 bits per heavy atom. The molecule has 6 aromatic rings. The molecule has 0 N–H and O–H groups in total. The van der Waals surface area contributed by atoms with Crippen LogP contribution in [0.25, 0.3) is 61.0 Å². The van der Waals surface area contributed by atoms with Gasteiger partial charge in [-0.05, 0) is 98.3 Å². The molecule has 2 aliphatic rings. The molecule has 1 unspecified atom stereocenters. The van der Waals surface area contributed by atoms with Crippen molar-refractivity contribution in [1.82, 2.24) is 4.98 Å². The van der Waals surface area contributed by atoms with Crippen molar-refractivity contribution >= 4 is 33.8 Å². The van der Waals surface area contributed by atoms with E-state index in [2.05, 4.69) is 126 Å². The van der Waals surface area contributed by atoms with Crippen molar-refractivity contribution in [3.8, 4) is 33.4 Å². The van der Waals surface area contributed by atoms with Gasteiger partial charge in [-0.15, -0.1) is 0 Å². The van der Waals surface area contributed by atoms with Crippen molar-refractivity contribution in [2.24, 2.45) is 4.99 Å². The van der Waals surface area contributed by atoms with Gasteiger partial charge in [-0.1, -0.05) is 109 Å². The van der Waals surface area contributed by atoms with Gasteiger partial charge in [0.15, 0.2) is 0 Å². The molecule has 0 amide bonds. The summed E-state index contributed by atoms with van der Waals surface area (Å²) in [6.45, 7) is 2.14. The van der Waals surface area contributed by atoms with Crippen molar-refractivity contribution in [2.45, 2.75) is 32.1 Å². The lowest BCUT2D eigenvalue weighted by atomic mass is 9.84. The zero-order valence-electron chi connectivity index (χ0n) is 24.3. The quantitative estimate of drug-likeness (QED) is 0.200. The van der Waals surface area contributed by atoms with Crippen molar-refractivity contribution in [3.05, 3.63) is 144 Å². The first kappa shape index (κ1) is 25.6. The number of nitrogens with zero attached hydrogens (tertiary/aromatic N) is 2. The Morgan fingerprint density at radius 2 is 1.30 bits per heavy atom. The second-order valence-corrected chi connectivity index (χ2v) is 11.9. The fraction of sp³-hybridized carbons (Fsp3) is 0.122. The second-order valence-electron chi connectivity index (χ2n) is 11.9. The minimum Gasteiger partial charge on any atom is -0.268 e. The summed E-state index contributed by atoms with van der Waals surface area (Å²) in [5, 5.41) is 5.15. The van der Waals surface area contributed by atoms with Crippen LogP contribution in [0.15, 0.2) is 132 Å². The van der Waals surface area contributed by atoms with Crippen LogP contribution in [-0.2, 0) is 6.42 Å². The zero-order chi connectivity index (χ0) is 28.8. The van der Waals surface area contributed by atoms with E-state index in [1.165, 1.54) is 71.6 Å². The van der Waals surface area contributed by atoms with Crippen LogP contribution < -0.4 is 0 Å². The topological polar surface area (TPSA) is 25.2 Å². The Balaban J connectivity index is 1.25. The van der Waals surface area contributed by atoms with Gasteiger partial charge in [0.25, 0.3) is 0 Å². The van der Waals surface area contributed by atoms with Crippen molar-refractivity contribution in [1.29, 1.82) is 0 Å². The normalized spacial score (nSPS) is 15.9. The smallest absolute Gasteiger partial charge is 0.0346 e. The van der Waals surface area contributed by atoms with Gasteiger partial charge >= 0.3 is 0 Å². The average molecular weight is 553 g/mol. The number of fused-ring (bicyclic) bond motifs is 3. The summed E-state index contributed by atoms with van der Waals surface area (Å²) in [6, 6.07) is 36.1. The number of aliphatic imine (C=N–C) groups is 1. The minimum absolute atomic E-state index is 0.277. The third-order valence-corrected chi connectivity index (χ3v) is 9.04. The molecule has 0 saturated carbocycles. The highest BCUT2D eigenvalue weighted by Gasteiger charge is 2.18. The van der Waals surface area contributed by atoms with Crippen LogP contribution in [0.4, 0.5) is 0 Å². The molecule has 1 aromatic heterocycles. The van der Waals surface area contributed by atoms with E-state index >= 15 is 0 Å². The maximum Gasteiger partial charge on any atom is 0.0346 e. The van der Waals surface area contributed by atoms with Gasteiger partial charge in [0.2, 0.25) is 0 Å². The van der Waals surface area contributed by atoms with Gasteiger partial charge < -0.3 is 0 Å². The van der Waals surface area contributed by atoms with E-state index in [9.17, 15) is 0 Å². The van der Waals surface area contributed by atoms with Crippen LogP contribution in [-0.4, -0.2) is 11.2 Å². The van der Waals surface area contributed by atoms with E-state index in [1.54, 1.807) is 0 Å². The van der Waals surface area contributed by atoms with E-state index < -0.39 is 0 Å². The maximum atomic E-state index is 4.60. The fourth-order valence-corrected chi connectivity index (χ4v) is 6.92. The molecule has 2 heteroatoms. The third kappa shape index (κ3) is 4.60. The molecule has 2 heterocycles. The molecule has 0 bridgehead atoms. The van der Waals surface area contributed by atoms with Gasteiger partial charge in [-0.25, -0.2) is 0 Å². The first-order chi connectivity index (χ1) is 21.2. The van der Waals surface area contributed by atoms with E-state index in [-0.39, 0.29) is 5.92 Å². The summed E-state index contributed by atoms with van der Waals surface area (Å²) >= 11 is 0. The highest BCUT2D eigenvalue weighted by atomic mass is 14.7. The highest BCUT2D eigenvalue weighted by molar-refractivity contribution is 6.21. The Kier molecular flexibility index (Phi) is 6.34. The molecule has 0 fully saturated rings. The molecule has 1 aliphatic carbocycles. The molecule has 206 valence electrons. The standard InChI is InChI=1S/C41H32N2/c1-27-20-33(24-42-23-27)35-22-34(25-43-26-35)29-14-17-30(18-15-29)40-36-10-4-6-12-38(36)41(39-13-7-5-11-37(39)40)32-19-16-28-8-2-3-9-31(28)21-32/h2,4-8,10-19,21-26,33H,3,9,20H2,1H3. The molecule has 0 radical (unpaired) electrons. The molecule has 1 aliphatic heterocycles. The largest absolute Gasteiger partial charge is 0.268 e. The number of allylic oxidation sites excluding steroid dienone is 2. The lowest BCUT2D eigenvalue weighted by Gasteiger charge is -2.19. The molecule has 1 atom stereocenters. The summed E-state index contributed by atoms with van der Waals surface area (Å²) in [5.74, 6) is 0.277. The van der Waals surface area contributed by atoms with Crippen molar-refractivity contribution in [2.75, 3.05) is 0 Å². The van der Waals surface area contributed by atoms with Gasteiger partial charge in [0.05, 0.1) is 0 Å². The van der Waals surface area contributed by atoms with Gasteiger partial charge in [0.1, 0.15) is 0 Å². The van der Waals surface area contributed by atoms with Crippen LogP contribution in [0, 0.1) is 0 Å². The zero-order valence-corrected chi connectivity index (χ0v) is 24.3. The number of hydrogen-bond donors (Lipinski definition) is 0. The summed E-state index contributed by atoms with van der Waals surface area (Å²) < 4.78 is 0. The van der Waals surface area contributed by atoms with Gasteiger partial charge in [-0.2, -0.15) is 0 Å². The van der Waals surface area contributed by atoms with Crippen LogP contribution in [0.1, 0.15) is 42.4 Å². The molecule has 43 heavy (non-hydrogen) atoms. The molecule has 5 aromatic carbocycles. The number of rotatable bonds is 4. The van der Waals surface area contributed by atoms with Crippen LogP contribution >= 0.6 is 0 Å². The molecular formula is C41H32N2. The third-order valence-electron chi connectivity index (χ3n) is 9.04. The SMILES string of the molecule is CC1=CN=CC(c2cncc(-c3ccc(-c4c5ccccc5c(-c5ccc6c(c5)CCC=C6)c5ccccc45)cc3)c2)C1. The van der Waals surface area contributed by atoms with E-state index in [0.29, 0.717) is 0 Å². The van der Waals surface area contributed by atoms with Gasteiger partial charge in [0, 0.05) is 36.3 Å².